The summed E-state index contributed by atoms with van der Waals surface area (Å²) in [7, 11) is 0. The molecule has 0 saturated carbocycles. The summed E-state index contributed by atoms with van der Waals surface area (Å²) in [5.74, 6) is -0.413. The largest absolute Gasteiger partial charge is 0.306 e. The molecular weight excluding hydrogens is 283 g/mol. The Balaban J connectivity index is 1.97. The molecule has 1 aromatic carbocycles. The van der Waals surface area contributed by atoms with E-state index in [1.165, 1.54) is 19.1 Å². The second-order valence-corrected chi connectivity index (χ2v) is 5.35. The van der Waals surface area contributed by atoms with E-state index in [1.807, 2.05) is 0 Å². The third-order valence-corrected chi connectivity index (χ3v) is 3.78. The average Bonchev–Trinajstić information content (AvgIpc) is 2.51. The van der Waals surface area contributed by atoms with Crippen molar-refractivity contribution in [2.45, 2.75) is 26.3 Å². The van der Waals surface area contributed by atoms with Crippen LogP contribution in [0.1, 0.15) is 35.0 Å². The van der Waals surface area contributed by atoms with Crippen molar-refractivity contribution in [3.8, 4) is 0 Å². The number of Topliss-reactive ketones (excluding diaryl/α,β-unsaturated/α-hetero) is 1. The molecule has 0 radical (unpaired) electrons. The molecule has 0 aliphatic carbocycles. The van der Waals surface area contributed by atoms with E-state index in [-0.39, 0.29) is 17.5 Å². The van der Waals surface area contributed by atoms with Gasteiger partial charge in [0.1, 0.15) is 5.82 Å². The molecule has 22 heavy (non-hydrogen) atoms. The lowest BCUT2D eigenvalue weighted by Gasteiger charge is -2.29. The molecule has 0 N–H and O–H groups in total. The van der Waals surface area contributed by atoms with E-state index in [0.717, 1.165) is 11.3 Å². The van der Waals surface area contributed by atoms with Crippen molar-refractivity contribution < 1.29 is 14.0 Å². The normalized spacial score (nSPS) is 13.9. The second-order valence-electron chi connectivity index (χ2n) is 5.35. The van der Waals surface area contributed by atoms with Crippen molar-refractivity contribution in [3.63, 3.8) is 0 Å². The number of aromatic nitrogens is 1. The fourth-order valence-electron chi connectivity index (χ4n) is 2.54. The molecule has 1 amide bonds. The van der Waals surface area contributed by atoms with Crippen LogP contribution in [0.5, 0.6) is 0 Å². The number of carbonyl (C=O) groups excluding carboxylic acids is 2. The summed E-state index contributed by atoms with van der Waals surface area (Å²) in [5, 5.41) is 0. The molecule has 0 saturated heterocycles. The summed E-state index contributed by atoms with van der Waals surface area (Å²) in [6.45, 7) is 1.81. The standard InChI is InChI=1S/C17H15FN2O2/c1-11(21)13-8-16-15(19-9-13)6-7-17(22)20(16)10-12-2-4-14(18)5-3-12/h2-5,8-9H,6-7,10H2,1H3. The van der Waals surface area contributed by atoms with Crippen molar-refractivity contribution in [1.29, 1.82) is 0 Å². The van der Waals surface area contributed by atoms with Gasteiger partial charge in [-0.05, 0) is 30.7 Å². The average molecular weight is 298 g/mol. The molecule has 1 aliphatic rings. The maximum absolute atomic E-state index is 13.0. The number of halogens is 1. The number of hydrogen-bond donors (Lipinski definition) is 0. The smallest absolute Gasteiger partial charge is 0.227 e. The number of amides is 1. The molecule has 0 atom stereocenters. The summed E-state index contributed by atoms with van der Waals surface area (Å²) in [5.41, 5.74) is 2.80. The van der Waals surface area contributed by atoms with Crippen LogP contribution in [0, 0.1) is 5.82 Å². The van der Waals surface area contributed by atoms with E-state index in [0.29, 0.717) is 30.6 Å². The zero-order valence-corrected chi connectivity index (χ0v) is 12.2. The van der Waals surface area contributed by atoms with E-state index < -0.39 is 0 Å². The summed E-state index contributed by atoms with van der Waals surface area (Å²) < 4.78 is 13.0. The Morgan fingerprint density at radius 3 is 2.68 bits per heavy atom. The molecule has 0 bridgehead atoms. The number of carbonyl (C=O) groups is 2. The third-order valence-electron chi connectivity index (χ3n) is 3.78. The van der Waals surface area contributed by atoms with Crippen molar-refractivity contribution in [2.75, 3.05) is 4.90 Å². The Hall–Kier alpha value is -2.56. The van der Waals surface area contributed by atoms with Crippen LogP contribution in [0.15, 0.2) is 36.5 Å². The summed E-state index contributed by atoms with van der Waals surface area (Å²) >= 11 is 0. The summed E-state index contributed by atoms with van der Waals surface area (Å²) in [6, 6.07) is 7.76. The highest BCUT2D eigenvalue weighted by Crippen LogP contribution is 2.28. The Labute approximate surface area is 127 Å². The molecule has 0 unspecified atom stereocenters. The minimum Gasteiger partial charge on any atom is -0.306 e. The third kappa shape index (κ3) is 2.74. The molecule has 2 heterocycles. The van der Waals surface area contributed by atoms with Crippen LogP contribution in [0.4, 0.5) is 10.1 Å². The predicted octanol–water partition coefficient (Wildman–Crippen LogP) is 2.90. The van der Waals surface area contributed by atoms with Gasteiger partial charge in [0.25, 0.3) is 0 Å². The van der Waals surface area contributed by atoms with Crippen LogP contribution in [-0.2, 0) is 17.8 Å². The Morgan fingerprint density at radius 2 is 2.00 bits per heavy atom. The number of hydrogen-bond acceptors (Lipinski definition) is 3. The highest BCUT2D eigenvalue weighted by Gasteiger charge is 2.26. The number of aryl methyl sites for hydroxylation is 1. The van der Waals surface area contributed by atoms with E-state index >= 15 is 0 Å². The first-order valence-corrected chi connectivity index (χ1v) is 7.09. The van der Waals surface area contributed by atoms with Gasteiger partial charge in [-0.3, -0.25) is 14.6 Å². The Bertz CT molecular complexity index is 741. The maximum Gasteiger partial charge on any atom is 0.227 e. The van der Waals surface area contributed by atoms with Gasteiger partial charge < -0.3 is 4.90 Å². The molecular formula is C17H15FN2O2. The van der Waals surface area contributed by atoms with E-state index in [9.17, 15) is 14.0 Å². The van der Waals surface area contributed by atoms with Crippen LogP contribution in [-0.4, -0.2) is 16.7 Å². The number of nitrogens with zero attached hydrogens (tertiary/aromatic N) is 2. The van der Waals surface area contributed by atoms with Crippen LogP contribution < -0.4 is 4.90 Å². The number of rotatable bonds is 3. The van der Waals surface area contributed by atoms with Crippen LogP contribution in [0.2, 0.25) is 0 Å². The van der Waals surface area contributed by atoms with E-state index in [1.54, 1.807) is 29.3 Å². The van der Waals surface area contributed by atoms with Crippen LogP contribution >= 0.6 is 0 Å². The quantitative estimate of drug-likeness (QED) is 0.819. The highest BCUT2D eigenvalue weighted by molar-refractivity contribution is 5.99. The van der Waals surface area contributed by atoms with Gasteiger partial charge in [-0.15, -0.1) is 0 Å². The molecule has 5 heteroatoms. The summed E-state index contributed by atoms with van der Waals surface area (Å²) in [4.78, 5) is 29.7. The number of fused-ring (bicyclic) bond motifs is 1. The van der Waals surface area contributed by atoms with Crippen molar-refractivity contribution in [3.05, 3.63) is 59.2 Å². The lowest BCUT2D eigenvalue weighted by molar-refractivity contribution is -0.119. The zero-order chi connectivity index (χ0) is 15.7. The van der Waals surface area contributed by atoms with Gasteiger partial charge in [0.05, 0.1) is 17.9 Å². The topological polar surface area (TPSA) is 50.3 Å². The lowest BCUT2D eigenvalue weighted by atomic mass is 10.0. The predicted molar refractivity (Wildman–Crippen MR) is 80.2 cm³/mol. The highest BCUT2D eigenvalue weighted by atomic mass is 19.1. The number of pyridine rings is 1. The molecule has 4 nitrogen and oxygen atoms in total. The van der Waals surface area contributed by atoms with Gasteiger partial charge in [0, 0.05) is 24.6 Å². The van der Waals surface area contributed by atoms with E-state index in [2.05, 4.69) is 4.98 Å². The Morgan fingerprint density at radius 1 is 1.27 bits per heavy atom. The molecule has 1 aliphatic heterocycles. The van der Waals surface area contributed by atoms with Crippen LogP contribution in [0.25, 0.3) is 0 Å². The first-order valence-electron chi connectivity index (χ1n) is 7.09. The zero-order valence-electron chi connectivity index (χ0n) is 12.2. The number of benzene rings is 1. The van der Waals surface area contributed by atoms with Crippen molar-refractivity contribution in [1.82, 2.24) is 4.98 Å². The van der Waals surface area contributed by atoms with Gasteiger partial charge in [0.15, 0.2) is 5.78 Å². The lowest BCUT2D eigenvalue weighted by Crippen LogP contribution is -2.35. The number of ketones is 1. The van der Waals surface area contributed by atoms with Gasteiger partial charge in [-0.2, -0.15) is 0 Å². The van der Waals surface area contributed by atoms with Gasteiger partial charge in [-0.25, -0.2) is 4.39 Å². The Kier molecular flexibility index (Phi) is 3.71. The first kappa shape index (κ1) is 14.4. The molecule has 0 fully saturated rings. The fraction of sp³-hybridized carbons (Fsp3) is 0.235. The van der Waals surface area contributed by atoms with Gasteiger partial charge in [-0.1, -0.05) is 12.1 Å². The number of anilines is 1. The van der Waals surface area contributed by atoms with Crippen molar-refractivity contribution in [2.24, 2.45) is 0 Å². The summed E-state index contributed by atoms with van der Waals surface area (Å²) in [6.07, 6.45) is 2.51. The fourth-order valence-corrected chi connectivity index (χ4v) is 2.54. The maximum atomic E-state index is 13.0. The van der Waals surface area contributed by atoms with Crippen molar-refractivity contribution >= 4 is 17.4 Å². The monoisotopic (exact) mass is 298 g/mol. The molecule has 3 rings (SSSR count). The minimum absolute atomic E-state index is 0.0145. The molecule has 2 aromatic rings. The van der Waals surface area contributed by atoms with E-state index in [4.69, 9.17) is 0 Å². The van der Waals surface area contributed by atoms with Gasteiger partial charge in [0.2, 0.25) is 5.91 Å². The minimum atomic E-state index is -0.311. The molecule has 0 spiro atoms. The molecule has 1 aromatic heterocycles. The SMILES string of the molecule is CC(=O)c1cnc2c(c1)N(Cc1ccc(F)cc1)C(=O)CC2. The van der Waals surface area contributed by atoms with Crippen LogP contribution in [0.3, 0.4) is 0 Å². The first-order chi connectivity index (χ1) is 10.5. The second kappa shape index (κ2) is 5.67. The van der Waals surface area contributed by atoms with Gasteiger partial charge >= 0.3 is 0 Å². The molecule has 112 valence electrons.